The van der Waals surface area contributed by atoms with Crippen LogP contribution in [0.3, 0.4) is 0 Å². The molecule has 1 N–H and O–H groups in total. The van der Waals surface area contributed by atoms with Gasteiger partial charge in [-0.1, -0.05) is 0 Å². The molecule has 3 aliphatic heterocycles. The lowest BCUT2D eigenvalue weighted by molar-refractivity contribution is -0.403. The van der Waals surface area contributed by atoms with Crippen LogP contribution in [-0.4, -0.2) is 65.7 Å². The van der Waals surface area contributed by atoms with Gasteiger partial charge in [-0.15, -0.1) is 0 Å². The molecule has 1 fully saturated rings. The number of ether oxygens (including phenoxy) is 1. The van der Waals surface area contributed by atoms with E-state index in [2.05, 4.69) is 5.32 Å². The van der Waals surface area contributed by atoms with Crippen LogP contribution < -0.4 is 5.32 Å². The second kappa shape index (κ2) is 5.85. The molecular weight excluding hydrogens is 306 g/mol. The third-order valence-electron chi connectivity index (χ3n) is 4.04. The zero-order valence-corrected chi connectivity index (χ0v) is 13.3. The van der Waals surface area contributed by atoms with Gasteiger partial charge in [-0.25, -0.2) is 4.79 Å². The van der Waals surface area contributed by atoms with E-state index in [0.29, 0.717) is 16.5 Å². The number of fused-ring (bicyclic) bond motifs is 1. The molecule has 0 radical (unpaired) electrons. The fraction of sp³-hybridized carbons (Fsp3) is 0.571. The van der Waals surface area contributed by atoms with Gasteiger partial charge in [0.05, 0.1) is 25.1 Å². The molecule has 0 aromatic heterocycles. The fourth-order valence-corrected chi connectivity index (χ4v) is 3.84. The van der Waals surface area contributed by atoms with Crippen LogP contribution in [0.15, 0.2) is 11.0 Å². The van der Waals surface area contributed by atoms with Crippen molar-refractivity contribution in [1.82, 2.24) is 10.2 Å². The molecule has 8 heteroatoms. The molecular formula is C14H18N3O4S+. The van der Waals surface area contributed by atoms with E-state index in [9.17, 15) is 14.4 Å². The first-order valence-corrected chi connectivity index (χ1v) is 8.02. The van der Waals surface area contributed by atoms with E-state index >= 15 is 0 Å². The summed E-state index contributed by atoms with van der Waals surface area (Å²) in [5.74, 6) is -1.06. The number of urea groups is 1. The van der Waals surface area contributed by atoms with Crippen LogP contribution in [0, 0.1) is 5.92 Å². The molecule has 0 aliphatic carbocycles. The monoisotopic (exact) mass is 324 g/mol. The average Bonchev–Trinajstić information content (AvgIpc) is 3.17. The van der Waals surface area contributed by atoms with Gasteiger partial charge in [0.15, 0.2) is 5.04 Å². The molecule has 7 nitrogen and oxygen atoms in total. The van der Waals surface area contributed by atoms with E-state index < -0.39 is 5.92 Å². The highest BCUT2D eigenvalue weighted by Gasteiger charge is 2.48. The minimum atomic E-state index is -0.541. The summed E-state index contributed by atoms with van der Waals surface area (Å²) < 4.78 is 6.89. The second-order valence-corrected chi connectivity index (χ2v) is 6.60. The number of carbonyl (C=O) groups excluding carboxylic acids is 3. The zero-order valence-electron chi connectivity index (χ0n) is 12.5. The summed E-state index contributed by atoms with van der Waals surface area (Å²) in [4.78, 5) is 37.8. The predicted octanol–water partition coefficient (Wildman–Crippen LogP) is 0.161. The van der Waals surface area contributed by atoms with Crippen molar-refractivity contribution in [3.63, 3.8) is 0 Å². The first-order valence-electron chi connectivity index (χ1n) is 7.20. The van der Waals surface area contributed by atoms with E-state index in [1.807, 2.05) is 0 Å². The van der Waals surface area contributed by atoms with Gasteiger partial charge in [0.25, 0.3) is 5.91 Å². The van der Waals surface area contributed by atoms with Crippen LogP contribution in [0.2, 0.25) is 0 Å². The summed E-state index contributed by atoms with van der Waals surface area (Å²) in [7, 11) is 3.06. The quantitative estimate of drug-likeness (QED) is 0.748. The summed E-state index contributed by atoms with van der Waals surface area (Å²) in [5.41, 5.74) is 0. The number of amides is 4. The summed E-state index contributed by atoms with van der Waals surface area (Å²) >= 11 is 1.19. The van der Waals surface area contributed by atoms with Gasteiger partial charge in [-0.2, -0.15) is 14.3 Å². The number of imide groups is 1. The lowest BCUT2D eigenvalue weighted by Gasteiger charge is -2.18. The maximum Gasteiger partial charge on any atom is 0.500 e. The van der Waals surface area contributed by atoms with Gasteiger partial charge in [0.2, 0.25) is 0 Å². The van der Waals surface area contributed by atoms with Crippen molar-refractivity contribution in [2.45, 2.75) is 18.9 Å². The van der Waals surface area contributed by atoms with Crippen molar-refractivity contribution in [3.8, 4) is 0 Å². The van der Waals surface area contributed by atoms with Gasteiger partial charge < -0.3 is 10.1 Å². The van der Waals surface area contributed by atoms with E-state index in [-0.39, 0.29) is 23.9 Å². The molecule has 4 amide bonds. The van der Waals surface area contributed by atoms with Crippen molar-refractivity contribution in [3.05, 3.63) is 11.0 Å². The second-order valence-electron chi connectivity index (χ2n) is 5.53. The molecule has 0 saturated carbocycles. The third-order valence-corrected chi connectivity index (χ3v) is 5.32. The van der Waals surface area contributed by atoms with Crippen molar-refractivity contribution < 1.29 is 23.7 Å². The number of hydrogen-bond acceptors (Lipinski definition) is 5. The van der Waals surface area contributed by atoms with Gasteiger partial charge in [0, 0.05) is 13.2 Å². The van der Waals surface area contributed by atoms with Crippen LogP contribution in [-0.2, 0) is 14.3 Å². The zero-order chi connectivity index (χ0) is 15.9. The Balaban J connectivity index is 1.70. The van der Waals surface area contributed by atoms with Crippen molar-refractivity contribution >= 4 is 34.7 Å². The molecule has 22 heavy (non-hydrogen) atoms. The fourth-order valence-electron chi connectivity index (χ4n) is 2.73. The van der Waals surface area contributed by atoms with E-state index in [4.69, 9.17) is 4.74 Å². The van der Waals surface area contributed by atoms with Gasteiger partial charge >= 0.3 is 11.9 Å². The maximum atomic E-state index is 12.2. The summed E-state index contributed by atoms with van der Waals surface area (Å²) in [6, 6.07) is -0.377. The van der Waals surface area contributed by atoms with Gasteiger partial charge in [0.1, 0.15) is 5.92 Å². The normalized spacial score (nSPS) is 28.1. The molecule has 2 unspecified atom stereocenters. The number of carbonyl (C=O) groups is 3. The molecule has 3 aliphatic rings. The lowest BCUT2D eigenvalue weighted by atomic mass is 10.1. The smallest absolute Gasteiger partial charge is 0.376 e. The van der Waals surface area contributed by atoms with E-state index in [1.165, 1.54) is 23.4 Å². The number of nitrogens with zero attached hydrogens (tertiary/aromatic N) is 2. The Kier molecular flexibility index (Phi) is 4.05. The maximum absolute atomic E-state index is 12.2. The number of rotatable bonds is 3. The first-order chi connectivity index (χ1) is 10.5. The molecule has 3 rings (SSSR count). The van der Waals surface area contributed by atoms with E-state index in [0.717, 1.165) is 24.3 Å². The third kappa shape index (κ3) is 2.56. The molecule has 0 bridgehead atoms. The average molecular weight is 324 g/mol. The molecule has 3 heterocycles. The largest absolute Gasteiger partial charge is 0.500 e. The molecule has 2 atom stereocenters. The SMILES string of the molecule is CN1C(=O)C2C=C(C(=O)NCC3CCCO3)SC2=[N+](C)C1=O. The van der Waals surface area contributed by atoms with E-state index in [1.54, 1.807) is 13.1 Å². The molecule has 1 saturated heterocycles. The Morgan fingerprint density at radius 2 is 2.32 bits per heavy atom. The lowest BCUT2D eigenvalue weighted by Crippen LogP contribution is -2.49. The Morgan fingerprint density at radius 1 is 1.55 bits per heavy atom. The van der Waals surface area contributed by atoms with Crippen LogP contribution in [0.4, 0.5) is 4.79 Å². The topological polar surface area (TPSA) is 78.7 Å². The minimum absolute atomic E-state index is 0.0721. The van der Waals surface area contributed by atoms with Crippen LogP contribution >= 0.6 is 11.8 Å². The number of thioether (sulfide) groups is 1. The molecule has 0 aromatic carbocycles. The number of hydrogen-bond donors (Lipinski definition) is 1. The Hall–Kier alpha value is -1.67. The highest BCUT2D eigenvalue weighted by Crippen LogP contribution is 2.35. The minimum Gasteiger partial charge on any atom is -0.376 e. The standard InChI is InChI=1S/C14H17N3O4S/c1-16-12(19)9-6-10(22-13(9)17(2)14(16)20)11(18)15-7-8-4-3-5-21-8/h6,8-9H,3-5,7H2,1-2H3/p+1. The van der Waals surface area contributed by atoms with Crippen molar-refractivity contribution in [2.24, 2.45) is 5.92 Å². The Morgan fingerprint density at radius 3 is 3.00 bits per heavy atom. The highest BCUT2D eigenvalue weighted by atomic mass is 32.2. The predicted molar refractivity (Wildman–Crippen MR) is 80.5 cm³/mol. The Labute approximate surface area is 132 Å². The molecule has 0 aromatic rings. The van der Waals surface area contributed by atoms with Crippen molar-refractivity contribution in [2.75, 3.05) is 27.2 Å². The molecule has 0 spiro atoms. The number of nitrogens with one attached hydrogen (secondary N) is 1. The summed E-state index contributed by atoms with van der Waals surface area (Å²) in [6.45, 7) is 1.21. The van der Waals surface area contributed by atoms with Gasteiger partial charge in [-0.3, -0.25) is 4.79 Å². The highest BCUT2D eigenvalue weighted by molar-refractivity contribution is 8.18. The Bertz CT molecular complexity index is 607. The summed E-state index contributed by atoms with van der Waals surface area (Å²) in [6.07, 6.45) is 3.67. The first kappa shape index (κ1) is 15.2. The van der Waals surface area contributed by atoms with Crippen LogP contribution in [0.25, 0.3) is 0 Å². The van der Waals surface area contributed by atoms with Gasteiger partial charge in [-0.05, 0) is 30.7 Å². The van der Waals surface area contributed by atoms with Crippen molar-refractivity contribution in [1.29, 1.82) is 0 Å². The molecule has 118 valence electrons. The van der Waals surface area contributed by atoms with Crippen LogP contribution in [0.5, 0.6) is 0 Å². The van der Waals surface area contributed by atoms with Crippen LogP contribution in [0.1, 0.15) is 12.8 Å². The summed E-state index contributed by atoms with van der Waals surface area (Å²) in [5, 5.41) is 3.43.